The first kappa shape index (κ1) is 20.2. The Morgan fingerprint density at radius 3 is 2.52 bits per heavy atom. The van der Waals surface area contributed by atoms with E-state index in [2.05, 4.69) is 20.1 Å². The van der Waals surface area contributed by atoms with E-state index in [9.17, 15) is 14.7 Å². The lowest BCUT2D eigenvalue weighted by Crippen LogP contribution is -2.20. The summed E-state index contributed by atoms with van der Waals surface area (Å²) in [7, 11) is 1.54. The molecule has 1 N–H and O–H groups in total. The van der Waals surface area contributed by atoms with Crippen LogP contribution in [0, 0.1) is 0 Å². The number of aliphatic hydroxyl groups excluding tert-OH is 1. The van der Waals surface area contributed by atoms with E-state index in [-0.39, 0.29) is 30.1 Å². The van der Waals surface area contributed by atoms with Gasteiger partial charge >= 0.3 is 0 Å². The highest BCUT2D eigenvalue weighted by Crippen LogP contribution is 2.23. The quantitative estimate of drug-likeness (QED) is 0.483. The summed E-state index contributed by atoms with van der Waals surface area (Å²) < 4.78 is 1.19. The minimum Gasteiger partial charge on any atom is -0.390 e. The summed E-state index contributed by atoms with van der Waals surface area (Å²) in [6, 6.07) is 17.4. The Morgan fingerprint density at radius 2 is 1.77 bits per heavy atom. The summed E-state index contributed by atoms with van der Waals surface area (Å²) >= 11 is 0. The summed E-state index contributed by atoms with van der Waals surface area (Å²) in [5.41, 5.74) is 3.00. The van der Waals surface area contributed by atoms with Crippen LogP contribution in [0.2, 0.25) is 0 Å². The fourth-order valence-electron chi connectivity index (χ4n) is 3.08. The van der Waals surface area contributed by atoms with Crippen molar-refractivity contribution in [2.45, 2.75) is 13.0 Å². The fraction of sp³-hybridized carbons (Fsp3) is 0.130. The van der Waals surface area contributed by atoms with Gasteiger partial charge in [0, 0.05) is 30.4 Å². The number of hydrogen-bond acceptors (Lipinski definition) is 7. The van der Waals surface area contributed by atoms with Gasteiger partial charge in [-0.1, -0.05) is 30.3 Å². The smallest absolute Gasteiger partial charge is 0.266 e. The van der Waals surface area contributed by atoms with Crippen LogP contribution in [0.5, 0.6) is 0 Å². The molecule has 0 saturated carbocycles. The molecule has 8 heteroatoms. The monoisotopic (exact) mass is 413 g/mol. The summed E-state index contributed by atoms with van der Waals surface area (Å²) in [4.78, 5) is 37.8. The molecule has 0 bridgehead atoms. The van der Waals surface area contributed by atoms with Crippen LogP contribution in [0.1, 0.15) is 21.9 Å². The first-order valence-corrected chi connectivity index (χ1v) is 9.60. The van der Waals surface area contributed by atoms with Crippen molar-refractivity contribution < 1.29 is 9.90 Å². The molecule has 0 spiro atoms. The first-order chi connectivity index (χ1) is 15.0. The van der Waals surface area contributed by atoms with Crippen molar-refractivity contribution in [3.05, 3.63) is 94.3 Å². The summed E-state index contributed by atoms with van der Waals surface area (Å²) in [6.45, 7) is -0.200. The van der Waals surface area contributed by atoms with Crippen molar-refractivity contribution >= 4 is 5.78 Å². The van der Waals surface area contributed by atoms with Crippen molar-refractivity contribution in [2.24, 2.45) is 7.05 Å². The Morgan fingerprint density at radius 1 is 0.968 bits per heavy atom. The molecule has 0 aliphatic rings. The molecule has 3 heterocycles. The van der Waals surface area contributed by atoms with E-state index < -0.39 is 0 Å². The molecule has 4 aromatic rings. The maximum atomic E-state index is 13.0. The van der Waals surface area contributed by atoms with Gasteiger partial charge in [0.25, 0.3) is 5.56 Å². The lowest BCUT2D eigenvalue weighted by atomic mass is 10.1. The van der Waals surface area contributed by atoms with Gasteiger partial charge in [0.1, 0.15) is 5.69 Å². The number of pyridine rings is 1. The largest absolute Gasteiger partial charge is 0.390 e. The number of hydrogen-bond donors (Lipinski definition) is 1. The van der Waals surface area contributed by atoms with Gasteiger partial charge < -0.3 is 5.11 Å². The highest BCUT2D eigenvalue weighted by atomic mass is 16.3. The van der Waals surface area contributed by atoms with Gasteiger partial charge in [-0.15, -0.1) is 0 Å². The average Bonchev–Trinajstić information content (AvgIpc) is 2.81. The van der Waals surface area contributed by atoms with Crippen molar-refractivity contribution in [1.82, 2.24) is 24.7 Å². The Hall–Kier alpha value is -4.04. The van der Waals surface area contributed by atoms with Crippen LogP contribution in [0.3, 0.4) is 0 Å². The molecule has 0 atom stereocenters. The third-order valence-corrected chi connectivity index (χ3v) is 4.68. The third-order valence-electron chi connectivity index (χ3n) is 4.68. The zero-order valence-electron chi connectivity index (χ0n) is 16.8. The van der Waals surface area contributed by atoms with Crippen molar-refractivity contribution in [1.29, 1.82) is 0 Å². The van der Waals surface area contributed by atoms with Crippen LogP contribution in [-0.4, -0.2) is 35.6 Å². The maximum absolute atomic E-state index is 13.0. The molecule has 1 aromatic carbocycles. The topological polar surface area (TPSA) is 111 Å². The van der Waals surface area contributed by atoms with Crippen LogP contribution < -0.4 is 5.56 Å². The predicted molar refractivity (Wildman–Crippen MR) is 114 cm³/mol. The molecule has 3 aromatic heterocycles. The van der Waals surface area contributed by atoms with E-state index in [1.165, 1.54) is 23.9 Å². The number of carbonyl (C=O) groups is 1. The molecule has 154 valence electrons. The Kier molecular flexibility index (Phi) is 5.72. The van der Waals surface area contributed by atoms with E-state index in [1.54, 1.807) is 24.4 Å². The number of rotatable bonds is 6. The second-order valence-corrected chi connectivity index (χ2v) is 6.91. The number of aliphatic hydroxyl groups is 1. The zero-order valence-corrected chi connectivity index (χ0v) is 16.8. The molecule has 0 amide bonds. The lowest BCUT2D eigenvalue weighted by Gasteiger charge is -2.09. The standard InChI is InChI=1S/C23H19N5O3/c1-28-22(31)8-7-17(27-28)12-21(30)20-13-19(16-9-10-24-18(11-16)14-29)25-23(26-20)15-5-3-2-4-6-15/h2-11,13,29H,12,14H2,1H3. The van der Waals surface area contributed by atoms with E-state index in [4.69, 9.17) is 0 Å². The van der Waals surface area contributed by atoms with Gasteiger partial charge in [-0.2, -0.15) is 5.10 Å². The van der Waals surface area contributed by atoms with Crippen LogP contribution in [0.15, 0.2) is 71.7 Å². The van der Waals surface area contributed by atoms with E-state index >= 15 is 0 Å². The van der Waals surface area contributed by atoms with Crippen molar-refractivity contribution in [2.75, 3.05) is 0 Å². The summed E-state index contributed by atoms with van der Waals surface area (Å²) in [5, 5.41) is 13.5. The average molecular weight is 413 g/mol. The van der Waals surface area contributed by atoms with Crippen LogP contribution in [-0.2, 0) is 20.1 Å². The minimum absolute atomic E-state index is 0.00294. The van der Waals surface area contributed by atoms with E-state index in [0.29, 0.717) is 28.5 Å². The fourth-order valence-corrected chi connectivity index (χ4v) is 3.08. The molecular weight excluding hydrogens is 394 g/mol. The summed E-state index contributed by atoms with van der Waals surface area (Å²) in [6.07, 6.45) is 1.58. The highest BCUT2D eigenvalue weighted by Gasteiger charge is 2.16. The maximum Gasteiger partial charge on any atom is 0.266 e. The Balaban J connectivity index is 1.77. The van der Waals surface area contributed by atoms with Crippen molar-refractivity contribution in [3.63, 3.8) is 0 Å². The number of aromatic nitrogens is 5. The van der Waals surface area contributed by atoms with Gasteiger partial charge in [0.05, 0.1) is 30.1 Å². The molecule has 0 unspecified atom stereocenters. The van der Waals surface area contributed by atoms with Crippen molar-refractivity contribution in [3.8, 4) is 22.6 Å². The molecule has 31 heavy (non-hydrogen) atoms. The molecule has 0 saturated heterocycles. The number of ketones is 1. The third kappa shape index (κ3) is 4.59. The van der Waals surface area contributed by atoms with Crippen LogP contribution >= 0.6 is 0 Å². The Bertz CT molecular complexity index is 1300. The molecule has 0 aliphatic heterocycles. The minimum atomic E-state index is -0.247. The van der Waals surface area contributed by atoms with Gasteiger partial charge in [-0.05, 0) is 24.3 Å². The Labute approximate surface area is 177 Å². The number of Topliss-reactive ketones (excluding diaryl/α,β-unsaturated/α-hetero) is 1. The van der Waals surface area contributed by atoms with E-state index in [1.807, 2.05) is 30.3 Å². The van der Waals surface area contributed by atoms with Crippen LogP contribution in [0.25, 0.3) is 22.6 Å². The normalized spacial score (nSPS) is 10.8. The molecule has 0 radical (unpaired) electrons. The number of carbonyl (C=O) groups excluding carboxylic acids is 1. The number of benzene rings is 1. The second-order valence-electron chi connectivity index (χ2n) is 6.91. The second kappa shape index (κ2) is 8.76. The predicted octanol–water partition coefficient (Wildman–Crippen LogP) is 2.22. The molecule has 0 aliphatic carbocycles. The molecule has 0 fully saturated rings. The number of aryl methyl sites for hydroxylation is 1. The van der Waals surface area contributed by atoms with Gasteiger partial charge in [0.2, 0.25) is 0 Å². The van der Waals surface area contributed by atoms with Gasteiger partial charge in [-0.3, -0.25) is 14.6 Å². The lowest BCUT2D eigenvalue weighted by molar-refractivity contribution is 0.0986. The molecular formula is C23H19N5O3. The number of nitrogens with zero attached hydrogens (tertiary/aromatic N) is 5. The van der Waals surface area contributed by atoms with Gasteiger partial charge in [0.15, 0.2) is 11.6 Å². The molecule has 4 rings (SSSR count). The molecule has 8 nitrogen and oxygen atoms in total. The zero-order chi connectivity index (χ0) is 21.8. The first-order valence-electron chi connectivity index (χ1n) is 9.60. The van der Waals surface area contributed by atoms with Crippen LogP contribution in [0.4, 0.5) is 0 Å². The SMILES string of the molecule is Cn1nc(CC(=O)c2cc(-c3ccnc(CO)c3)nc(-c3ccccc3)n2)ccc1=O. The van der Waals surface area contributed by atoms with E-state index in [0.717, 1.165) is 5.56 Å². The summed E-state index contributed by atoms with van der Waals surface area (Å²) in [5.74, 6) is 0.167. The van der Waals surface area contributed by atoms with Gasteiger partial charge in [-0.25, -0.2) is 14.6 Å². The highest BCUT2D eigenvalue weighted by molar-refractivity contribution is 5.96.